The summed E-state index contributed by atoms with van der Waals surface area (Å²) in [5.41, 5.74) is 1.02. The molecule has 1 aromatic heterocycles. The molecular weight excluding hydrogens is 426 g/mol. The van der Waals surface area contributed by atoms with Gasteiger partial charge in [0.05, 0.1) is 0 Å². The number of aromatic hydroxyl groups is 2. The number of ether oxygens (including phenoxy) is 1. The van der Waals surface area contributed by atoms with Crippen LogP contribution in [-0.4, -0.2) is 31.3 Å². The van der Waals surface area contributed by atoms with Gasteiger partial charge in [-0.3, -0.25) is 0 Å². The van der Waals surface area contributed by atoms with E-state index in [2.05, 4.69) is 35.3 Å². The summed E-state index contributed by atoms with van der Waals surface area (Å²) in [5.74, 6) is 0.401. The molecule has 0 amide bonds. The van der Waals surface area contributed by atoms with E-state index < -0.39 is 0 Å². The Kier molecular flexibility index (Phi) is 4.99. The Morgan fingerprint density at radius 3 is 1.82 bits per heavy atom. The van der Waals surface area contributed by atoms with Gasteiger partial charge in [0.15, 0.2) is 11.6 Å². The molecule has 0 spiro atoms. The lowest BCUT2D eigenvalue weighted by molar-refractivity contribution is 0.192. The first-order chi connectivity index (χ1) is 16.7. The highest BCUT2D eigenvalue weighted by molar-refractivity contribution is 6.11. The van der Waals surface area contributed by atoms with E-state index in [0.717, 1.165) is 52.8 Å². The second-order valence-corrected chi connectivity index (χ2v) is 8.65. The maximum absolute atomic E-state index is 10.5. The number of phenols is 2. The lowest BCUT2D eigenvalue weighted by atomic mass is 9.96. The zero-order valence-corrected chi connectivity index (χ0v) is 18.5. The number of phenolic OH excluding ortho intramolecular Hbond substituents is 2. The number of rotatable bonds is 4. The van der Waals surface area contributed by atoms with Crippen LogP contribution in [0.2, 0.25) is 0 Å². The summed E-state index contributed by atoms with van der Waals surface area (Å²) in [7, 11) is 0. The van der Waals surface area contributed by atoms with Crippen molar-refractivity contribution >= 4 is 21.5 Å². The second kappa shape index (κ2) is 8.30. The molecule has 1 fully saturated rings. The third kappa shape index (κ3) is 3.57. The first kappa shape index (κ1) is 20.4. The predicted molar refractivity (Wildman–Crippen MR) is 132 cm³/mol. The summed E-state index contributed by atoms with van der Waals surface area (Å²) < 4.78 is 6.18. The monoisotopic (exact) mass is 449 g/mol. The molecule has 168 valence electrons. The maximum Gasteiger partial charge on any atom is 0.320 e. The van der Waals surface area contributed by atoms with E-state index >= 15 is 0 Å². The van der Waals surface area contributed by atoms with Crippen LogP contribution in [0.4, 0.5) is 0 Å². The van der Waals surface area contributed by atoms with Gasteiger partial charge < -0.3 is 14.9 Å². The quantitative estimate of drug-likeness (QED) is 0.316. The average molecular weight is 450 g/mol. The van der Waals surface area contributed by atoms with Crippen LogP contribution >= 0.6 is 0 Å². The smallest absolute Gasteiger partial charge is 0.320 e. The van der Waals surface area contributed by atoms with Crippen LogP contribution in [0.3, 0.4) is 0 Å². The molecule has 6 heteroatoms. The minimum absolute atomic E-state index is 0.0466. The summed E-state index contributed by atoms with van der Waals surface area (Å²) in [6, 6.07) is 23.2. The molecule has 6 nitrogen and oxygen atoms in total. The van der Waals surface area contributed by atoms with Gasteiger partial charge in [0.1, 0.15) is 23.2 Å². The molecule has 2 N–H and O–H groups in total. The largest absolute Gasteiger partial charge is 0.507 e. The lowest BCUT2D eigenvalue weighted by Gasteiger charge is -2.15. The number of fused-ring (bicyclic) bond motifs is 2. The van der Waals surface area contributed by atoms with Crippen LogP contribution in [0.5, 0.6) is 17.5 Å². The van der Waals surface area contributed by atoms with Crippen LogP contribution in [0.15, 0.2) is 72.8 Å². The van der Waals surface area contributed by atoms with E-state index in [1.165, 1.54) is 12.1 Å². The molecule has 6 rings (SSSR count). The van der Waals surface area contributed by atoms with E-state index in [4.69, 9.17) is 14.7 Å². The first-order valence-electron chi connectivity index (χ1n) is 11.5. The van der Waals surface area contributed by atoms with E-state index in [9.17, 15) is 10.2 Å². The van der Waals surface area contributed by atoms with Crippen molar-refractivity contribution in [2.45, 2.75) is 31.8 Å². The van der Waals surface area contributed by atoms with Crippen molar-refractivity contribution in [2.24, 2.45) is 0 Å². The van der Waals surface area contributed by atoms with Crippen LogP contribution in [0, 0.1) is 0 Å². The van der Waals surface area contributed by atoms with Gasteiger partial charge in [0.2, 0.25) is 0 Å². The van der Waals surface area contributed by atoms with Crippen LogP contribution < -0.4 is 4.74 Å². The van der Waals surface area contributed by atoms with Gasteiger partial charge in [-0.25, -0.2) is 4.98 Å². The molecule has 0 unspecified atom stereocenters. The van der Waals surface area contributed by atoms with E-state index in [0.29, 0.717) is 5.82 Å². The fourth-order valence-electron chi connectivity index (χ4n) is 4.80. The number of benzene rings is 4. The highest BCUT2D eigenvalue weighted by atomic mass is 16.5. The Morgan fingerprint density at radius 1 is 0.647 bits per heavy atom. The molecule has 1 aliphatic rings. The summed E-state index contributed by atoms with van der Waals surface area (Å²) in [6.45, 7) is 0. The van der Waals surface area contributed by atoms with Gasteiger partial charge in [-0.15, -0.1) is 0 Å². The fraction of sp³-hybridized carbons (Fsp3) is 0.179. The Labute approximate surface area is 196 Å². The molecule has 1 saturated carbocycles. The van der Waals surface area contributed by atoms with Crippen molar-refractivity contribution in [3.05, 3.63) is 72.8 Å². The molecule has 1 aliphatic carbocycles. The molecule has 1 heterocycles. The zero-order valence-electron chi connectivity index (χ0n) is 18.5. The van der Waals surface area contributed by atoms with Gasteiger partial charge in [-0.2, -0.15) is 9.97 Å². The normalized spacial score (nSPS) is 14.1. The fourth-order valence-corrected chi connectivity index (χ4v) is 4.80. The Hall–Kier alpha value is -4.19. The molecule has 0 atom stereocenters. The minimum atomic E-state index is -0.105. The van der Waals surface area contributed by atoms with Gasteiger partial charge in [-0.05, 0) is 65.4 Å². The molecule has 4 aromatic carbocycles. The van der Waals surface area contributed by atoms with E-state index in [1.54, 1.807) is 6.07 Å². The van der Waals surface area contributed by atoms with Crippen molar-refractivity contribution in [1.82, 2.24) is 15.0 Å². The number of nitrogens with zero attached hydrogens (tertiary/aromatic N) is 3. The minimum Gasteiger partial charge on any atom is -0.507 e. The first-order valence-corrected chi connectivity index (χ1v) is 11.5. The second-order valence-electron chi connectivity index (χ2n) is 8.65. The summed E-state index contributed by atoms with van der Waals surface area (Å²) in [4.78, 5) is 14.0. The molecule has 0 bridgehead atoms. The summed E-state index contributed by atoms with van der Waals surface area (Å²) >= 11 is 0. The van der Waals surface area contributed by atoms with Crippen LogP contribution in [0.1, 0.15) is 25.7 Å². The molecule has 0 saturated heterocycles. The number of hydrogen-bond acceptors (Lipinski definition) is 6. The maximum atomic E-state index is 10.5. The molecule has 0 aliphatic heterocycles. The van der Waals surface area contributed by atoms with Gasteiger partial charge in [-0.1, -0.05) is 54.6 Å². The molecule has 5 aromatic rings. The zero-order chi connectivity index (χ0) is 23.1. The van der Waals surface area contributed by atoms with Crippen molar-refractivity contribution in [3.8, 4) is 40.3 Å². The summed E-state index contributed by atoms with van der Waals surface area (Å²) in [6.07, 6.45) is 4.18. The van der Waals surface area contributed by atoms with E-state index in [1.807, 2.05) is 24.3 Å². The van der Waals surface area contributed by atoms with Gasteiger partial charge >= 0.3 is 6.01 Å². The standard InChI is InChI=1S/C28H23N3O3/c32-22-14-7-15-23(33)25(22)27-29-26(30-28(31-27)34-19-10-3-4-11-19)24-20-12-5-1-8-17(20)16-18-9-2-6-13-21(18)24/h1-2,5-9,12-16,19,32-33H,3-4,10-11H2. The summed E-state index contributed by atoms with van der Waals surface area (Å²) in [5, 5.41) is 25.2. The SMILES string of the molecule is Oc1cccc(O)c1-c1nc(OC2CCCC2)nc(-c2c3ccccc3cc3ccccc23)n1. The number of aromatic nitrogens is 3. The van der Waals surface area contributed by atoms with Crippen molar-refractivity contribution in [3.63, 3.8) is 0 Å². The van der Waals surface area contributed by atoms with Crippen LogP contribution in [-0.2, 0) is 0 Å². The highest BCUT2D eigenvalue weighted by Crippen LogP contribution is 2.39. The van der Waals surface area contributed by atoms with Crippen molar-refractivity contribution < 1.29 is 14.9 Å². The van der Waals surface area contributed by atoms with Gasteiger partial charge in [0.25, 0.3) is 0 Å². The third-order valence-electron chi connectivity index (χ3n) is 6.43. The third-order valence-corrected chi connectivity index (χ3v) is 6.43. The van der Waals surface area contributed by atoms with Crippen molar-refractivity contribution in [2.75, 3.05) is 0 Å². The topological polar surface area (TPSA) is 88.4 Å². The Morgan fingerprint density at radius 2 is 1.21 bits per heavy atom. The van der Waals surface area contributed by atoms with E-state index in [-0.39, 0.29) is 35.0 Å². The predicted octanol–water partition coefficient (Wildman–Crippen LogP) is 6.24. The van der Waals surface area contributed by atoms with Gasteiger partial charge in [0, 0.05) is 5.56 Å². The molecule has 0 radical (unpaired) electrons. The number of hydrogen-bond donors (Lipinski definition) is 2. The lowest BCUT2D eigenvalue weighted by Crippen LogP contribution is -2.14. The van der Waals surface area contributed by atoms with Crippen LogP contribution in [0.25, 0.3) is 44.3 Å². The Bertz CT molecular complexity index is 1450. The molecule has 34 heavy (non-hydrogen) atoms. The Balaban J connectivity index is 1.64. The molecular formula is C28H23N3O3. The average Bonchev–Trinajstić information content (AvgIpc) is 3.35. The van der Waals surface area contributed by atoms with Crippen molar-refractivity contribution in [1.29, 1.82) is 0 Å². The highest BCUT2D eigenvalue weighted by Gasteiger charge is 2.23.